The first-order valence-electron chi connectivity index (χ1n) is 9.28. The Morgan fingerprint density at radius 2 is 1.39 bits per heavy atom. The van der Waals surface area contributed by atoms with Gasteiger partial charge < -0.3 is 15.5 Å². The number of nitrogens with one attached hydrogen (secondary N) is 1. The molecule has 0 aromatic heterocycles. The third kappa shape index (κ3) is 7.61. The molecule has 0 aliphatic carbocycles. The predicted molar refractivity (Wildman–Crippen MR) is 106 cm³/mol. The molecule has 28 heavy (non-hydrogen) atoms. The number of benzene rings is 2. The predicted octanol–water partition coefficient (Wildman–Crippen LogP) is 3.36. The highest BCUT2D eigenvalue weighted by molar-refractivity contribution is 5.80. The number of amides is 1. The lowest BCUT2D eigenvalue weighted by Crippen LogP contribution is -2.30. The van der Waals surface area contributed by atoms with Gasteiger partial charge in [0.15, 0.2) is 0 Å². The second-order valence-corrected chi connectivity index (χ2v) is 6.76. The molecule has 0 unspecified atom stereocenters. The van der Waals surface area contributed by atoms with Crippen LogP contribution in [0.15, 0.2) is 54.6 Å². The number of carbonyl (C=O) groups is 3. The molecule has 2 rings (SSSR count). The van der Waals surface area contributed by atoms with E-state index in [1.165, 1.54) is 0 Å². The van der Waals surface area contributed by atoms with Crippen LogP contribution in [0.3, 0.4) is 0 Å². The van der Waals surface area contributed by atoms with Crippen LogP contribution in [0.5, 0.6) is 0 Å². The molecular formula is C22H25NO5. The van der Waals surface area contributed by atoms with E-state index < -0.39 is 11.9 Å². The van der Waals surface area contributed by atoms with Crippen LogP contribution in [0.4, 0.5) is 0 Å². The number of carboxylic acids is 2. The van der Waals surface area contributed by atoms with Crippen molar-refractivity contribution in [1.82, 2.24) is 5.32 Å². The van der Waals surface area contributed by atoms with Crippen molar-refractivity contribution in [3.05, 3.63) is 60.2 Å². The topological polar surface area (TPSA) is 104 Å². The lowest BCUT2D eigenvalue weighted by atomic mass is 9.93. The second-order valence-electron chi connectivity index (χ2n) is 6.76. The average Bonchev–Trinajstić information content (AvgIpc) is 2.69. The van der Waals surface area contributed by atoms with E-state index in [-0.39, 0.29) is 31.1 Å². The molecule has 2 aromatic carbocycles. The molecule has 0 aliphatic rings. The largest absolute Gasteiger partial charge is 0.481 e. The lowest BCUT2D eigenvalue weighted by molar-refractivity contribution is -0.139. The minimum atomic E-state index is -1.02. The average molecular weight is 383 g/mol. The lowest BCUT2D eigenvalue weighted by Gasteiger charge is -2.17. The molecule has 0 saturated carbocycles. The molecule has 0 spiro atoms. The highest BCUT2D eigenvalue weighted by Gasteiger charge is 2.14. The van der Waals surface area contributed by atoms with Crippen LogP contribution in [0.25, 0.3) is 11.1 Å². The Hall–Kier alpha value is -3.15. The Morgan fingerprint density at radius 1 is 0.786 bits per heavy atom. The van der Waals surface area contributed by atoms with E-state index in [0.29, 0.717) is 19.4 Å². The van der Waals surface area contributed by atoms with Crippen LogP contribution in [-0.4, -0.2) is 34.6 Å². The summed E-state index contributed by atoms with van der Waals surface area (Å²) in [6.07, 6.45) is 0.813. The van der Waals surface area contributed by atoms with Crippen molar-refractivity contribution in [1.29, 1.82) is 0 Å². The number of carboxylic acid groups (broad SMARTS) is 2. The van der Waals surface area contributed by atoms with Crippen LogP contribution in [-0.2, 0) is 20.8 Å². The summed E-state index contributed by atoms with van der Waals surface area (Å²) in [5.41, 5.74) is 3.30. The summed E-state index contributed by atoms with van der Waals surface area (Å²) in [4.78, 5) is 33.2. The Labute approximate surface area is 164 Å². The van der Waals surface area contributed by atoms with E-state index in [0.717, 1.165) is 16.7 Å². The van der Waals surface area contributed by atoms with Crippen molar-refractivity contribution < 1.29 is 24.6 Å². The van der Waals surface area contributed by atoms with Crippen LogP contribution >= 0.6 is 0 Å². The van der Waals surface area contributed by atoms with Crippen molar-refractivity contribution in [3.63, 3.8) is 0 Å². The molecule has 0 aliphatic heterocycles. The SMILES string of the molecule is O=C(O)CCC(=O)NC[C@@H](CCC(=O)O)Cc1ccc(-c2ccccc2)cc1. The summed E-state index contributed by atoms with van der Waals surface area (Å²) in [5, 5.41) is 20.3. The van der Waals surface area contributed by atoms with E-state index in [9.17, 15) is 14.4 Å². The molecule has 1 amide bonds. The fourth-order valence-electron chi connectivity index (χ4n) is 2.97. The molecule has 3 N–H and O–H groups in total. The van der Waals surface area contributed by atoms with Crippen LogP contribution < -0.4 is 5.32 Å². The van der Waals surface area contributed by atoms with E-state index in [1.807, 2.05) is 54.6 Å². The third-order valence-electron chi connectivity index (χ3n) is 4.51. The molecule has 148 valence electrons. The van der Waals surface area contributed by atoms with Gasteiger partial charge >= 0.3 is 11.9 Å². The molecule has 2 aromatic rings. The summed E-state index contributed by atoms with van der Waals surface area (Å²) in [7, 11) is 0. The van der Waals surface area contributed by atoms with E-state index in [1.54, 1.807) is 0 Å². The highest BCUT2D eigenvalue weighted by Crippen LogP contribution is 2.21. The smallest absolute Gasteiger partial charge is 0.303 e. The van der Waals surface area contributed by atoms with E-state index in [2.05, 4.69) is 5.32 Å². The van der Waals surface area contributed by atoms with Gasteiger partial charge in [0.2, 0.25) is 5.91 Å². The van der Waals surface area contributed by atoms with Crippen molar-refractivity contribution >= 4 is 17.8 Å². The Morgan fingerprint density at radius 3 is 2.00 bits per heavy atom. The monoisotopic (exact) mass is 383 g/mol. The van der Waals surface area contributed by atoms with E-state index >= 15 is 0 Å². The van der Waals surface area contributed by atoms with Crippen molar-refractivity contribution in [2.45, 2.75) is 32.1 Å². The van der Waals surface area contributed by atoms with Crippen molar-refractivity contribution in [2.75, 3.05) is 6.54 Å². The van der Waals surface area contributed by atoms with Crippen LogP contribution in [0.2, 0.25) is 0 Å². The number of rotatable bonds is 11. The van der Waals surface area contributed by atoms with Crippen molar-refractivity contribution in [2.24, 2.45) is 5.92 Å². The zero-order valence-corrected chi connectivity index (χ0v) is 15.6. The third-order valence-corrected chi connectivity index (χ3v) is 4.51. The summed E-state index contributed by atoms with van der Waals surface area (Å²) < 4.78 is 0. The van der Waals surface area contributed by atoms with Gasteiger partial charge in [-0.25, -0.2) is 0 Å². The minimum absolute atomic E-state index is 0.0256. The Kier molecular flexibility index (Phi) is 8.21. The van der Waals surface area contributed by atoms with Gasteiger partial charge in [-0.1, -0.05) is 54.6 Å². The van der Waals surface area contributed by atoms with Gasteiger partial charge in [0.05, 0.1) is 6.42 Å². The van der Waals surface area contributed by atoms with Crippen LogP contribution in [0, 0.1) is 5.92 Å². The first-order chi connectivity index (χ1) is 13.4. The first kappa shape index (κ1) is 21.2. The summed E-state index contributed by atoms with van der Waals surface area (Å²) in [6, 6.07) is 18.1. The van der Waals surface area contributed by atoms with E-state index in [4.69, 9.17) is 10.2 Å². The molecule has 0 heterocycles. The zero-order valence-electron chi connectivity index (χ0n) is 15.6. The second kappa shape index (κ2) is 10.9. The number of hydrogen-bond donors (Lipinski definition) is 3. The van der Waals surface area contributed by atoms with Gasteiger partial charge in [-0.3, -0.25) is 14.4 Å². The van der Waals surface area contributed by atoms with Crippen LogP contribution in [0.1, 0.15) is 31.2 Å². The first-order valence-corrected chi connectivity index (χ1v) is 9.28. The van der Waals surface area contributed by atoms with Gasteiger partial charge in [0.25, 0.3) is 0 Å². The maximum absolute atomic E-state index is 11.8. The fourth-order valence-corrected chi connectivity index (χ4v) is 2.97. The maximum atomic E-state index is 11.8. The normalized spacial score (nSPS) is 11.6. The number of hydrogen-bond acceptors (Lipinski definition) is 3. The zero-order chi connectivity index (χ0) is 20.4. The van der Waals surface area contributed by atoms with Crippen molar-refractivity contribution in [3.8, 4) is 11.1 Å². The van der Waals surface area contributed by atoms with Gasteiger partial charge in [0.1, 0.15) is 0 Å². The van der Waals surface area contributed by atoms with Gasteiger partial charge in [-0.05, 0) is 35.4 Å². The number of carbonyl (C=O) groups excluding carboxylic acids is 1. The summed E-state index contributed by atoms with van der Waals surface area (Å²) in [6.45, 7) is 0.326. The minimum Gasteiger partial charge on any atom is -0.481 e. The Bertz CT molecular complexity index is 786. The number of aliphatic carboxylic acids is 2. The molecular weight excluding hydrogens is 358 g/mol. The standard InChI is InChI=1S/C22H25NO5/c24-20(11-13-22(27)28)23-15-17(8-12-21(25)26)14-16-6-9-19(10-7-16)18-4-2-1-3-5-18/h1-7,9-10,17H,8,11-15H2,(H,23,24)(H,25,26)(H,27,28)/t17-/m0/s1. The Balaban J connectivity index is 1.96. The fraction of sp³-hybridized carbons (Fsp3) is 0.318. The highest BCUT2D eigenvalue weighted by atomic mass is 16.4. The molecule has 1 atom stereocenters. The van der Waals surface area contributed by atoms with Gasteiger partial charge in [-0.15, -0.1) is 0 Å². The summed E-state index contributed by atoms with van der Waals surface area (Å²) in [5.74, 6) is -2.26. The quantitative estimate of drug-likeness (QED) is 0.552. The molecule has 6 nitrogen and oxygen atoms in total. The molecule has 0 fully saturated rings. The molecule has 0 radical (unpaired) electrons. The van der Waals surface area contributed by atoms with Gasteiger partial charge in [0, 0.05) is 19.4 Å². The maximum Gasteiger partial charge on any atom is 0.303 e. The molecule has 0 saturated heterocycles. The molecule has 0 bridgehead atoms. The molecule has 6 heteroatoms. The summed E-state index contributed by atoms with van der Waals surface area (Å²) >= 11 is 0. The van der Waals surface area contributed by atoms with Gasteiger partial charge in [-0.2, -0.15) is 0 Å².